The van der Waals surface area contributed by atoms with Crippen LogP contribution in [0.3, 0.4) is 0 Å². The Morgan fingerprint density at radius 1 is 1.19 bits per heavy atom. The Kier molecular flexibility index (Phi) is 4.82. The summed E-state index contributed by atoms with van der Waals surface area (Å²) in [5, 5.41) is 4.25. The highest BCUT2D eigenvalue weighted by atomic mass is 35.5. The van der Waals surface area contributed by atoms with E-state index in [0.717, 1.165) is 31.6 Å². The van der Waals surface area contributed by atoms with E-state index in [4.69, 9.17) is 11.6 Å². The van der Waals surface area contributed by atoms with Crippen molar-refractivity contribution in [3.8, 4) is 0 Å². The summed E-state index contributed by atoms with van der Waals surface area (Å²) in [6, 6.07) is 5.03. The van der Waals surface area contributed by atoms with Gasteiger partial charge in [0.05, 0.1) is 0 Å². The summed E-state index contributed by atoms with van der Waals surface area (Å²) in [6.07, 6.45) is 7.64. The maximum atomic E-state index is 14.0. The van der Waals surface area contributed by atoms with Gasteiger partial charge in [-0.1, -0.05) is 36.9 Å². The predicted octanol–water partition coefficient (Wildman–Crippen LogP) is 3.98. The van der Waals surface area contributed by atoms with Gasteiger partial charge >= 0.3 is 0 Å². The molecule has 1 aromatic carbocycles. The highest BCUT2D eigenvalue weighted by Crippen LogP contribution is 2.31. The summed E-state index contributed by atoms with van der Waals surface area (Å²) in [5.74, 6) is -0.183. The van der Waals surface area contributed by atoms with Crippen LogP contribution >= 0.6 is 11.6 Å². The molecule has 1 aliphatic carbocycles. The Morgan fingerprint density at radius 3 is 2.76 bits per heavy atom. The summed E-state index contributed by atoms with van der Waals surface area (Å²) in [4.78, 5) is 2.41. The molecule has 21 heavy (non-hydrogen) atoms. The van der Waals surface area contributed by atoms with Gasteiger partial charge in [0.1, 0.15) is 5.82 Å². The molecule has 0 radical (unpaired) electrons. The van der Waals surface area contributed by atoms with Crippen LogP contribution in [0.4, 0.5) is 4.39 Å². The minimum atomic E-state index is -0.183. The minimum Gasteiger partial charge on any atom is -0.310 e. The first kappa shape index (κ1) is 15.3. The van der Waals surface area contributed by atoms with Crippen molar-refractivity contribution in [2.24, 2.45) is 0 Å². The fraction of sp³-hybridized carbons (Fsp3) is 0.647. The van der Waals surface area contributed by atoms with E-state index in [0.29, 0.717) is 11.6 Å². The molecular weight excluding hydrogens is 287 g/mol. The largest absolute Gasteiger partial charge is 0.310 e. The zero-order valence-corrected chi connectivity index (χ0v) is 13.3. The smallest absolute Gasteiger partial charge is 0.129 e. The standard InChI is InChI=1S/C17H24ClFN2/c18-15-6-5-14(16(19)11-15)12-21-10-4-9-20-17(13-21)7-2-1-3-8-17/h5-6,11,20H,1-4,7-10,12-13H2. The normalized spacial score (nSPS) is 23.1. The topological polar surface area (TPSA) is 15.3 Å². The Bertz CT molecular complexity index is 486. The van der Waals surface area contributed by atoms with E-state index in [-0.39, 0.29) is 11.4 Å². The minimum absolute atomic E-state index is 0.183. The first-order valence-corrected chi connectivity index (χ1v) is 8.46. The van der Waals surface area contributed by atoms with E-state index in [1.807, 2.05) is 6.07 Å². The molecule has 2 aliphatic rings. The molecular formula is C17H24ClFN2. The summed E-state index contributed by atoms with van der Waals surface area (Å²) in [7, 11) is 0. The van der Waals surface area contributed by atoms with Gasteiger partial charge in [-0.3, -0.25) is 4.90 Å². The highest BCUT2D eigenvalue weighted by molar-refractivity contribution is 6.30. The molecule has 1 aliphatic heterocycles. The van der Waals surface area contributed by atoms with Crippen LogP contribution in [-0.4, -0.2) is 30.1 Å². The van der Waals surface area contributed by atoms with Gasteiger partial charge < -0.3 is 5.32 Å². The Balaban J connectivity index is 1.71. The molecule has 1 N–H and O–H groups in total. The highest BCUT2D eigenvalue weighted by Gasteiger charge is 2.34. The van der Waals surface area contributed by atoms with E-state index >= 15 is 0 Å². The average Bonchev–Trinajstić information content (AvgIpc) is 2.65. The van der Waals surface area contributed by atoms with Crippen molar-refractivity contribution in [1.29, 1.82) is 0 Å². The van der Waals surface area contributed by atoms with Gasteiger partial charge in [-0.05, 0) is 44.5 Å². The lowest BCUT2D eigenvalue weighted by Crippen LogP contribution is -2.52. The molecule has 1 spiro atoms. The van der Waals surface area contributed by atoms with E-state index in [1.165, 1.54) is 38.2 Å². The molecule has 0 bridgehead atoms. The number of nitrogens with one attached hydrogen (secondary N) is 1. The number of benzene rings is 1. The second kappa shape index (κ2) is 6.64. The third-order valence-electron chi connectivity index (χ3n) is 4.90. The van der Waals surface area contributed by atoms with Gasteiger partial charge in [-0.25, -0.2) is 4.39 Å². The third kappa shape index (κ3) is 3.77. The van der Waals surface area contributed by atoms with Crippen LogP contribution in [0, 0.1) is 5.82 Å². The van der Waals surface area contributed by atoms with Crippen molar-refractivity contribution in [2.75, 3.05) is 19.6 Å². The van der Waals surface area contributed by atoms with Crippen molar-refractivity contribution in [1.82, 2.24) is 10.2 Å². The van der Waals surface area contributed by atoms with Gasteiger partial charge in [0.25, 0.3) is 0 Å². The third-order valence-corrected chi connectivity index (χ3v) is 5.13. The molecule has 0 aromatic heterocycles. The molecule has 2 nitrogen and oxygen atoms in total. The summed E-state index contributed by atoms with van der Waals surface area (Å²) in [6.45, 7) is 3.85. The first-order valence-electron chi connectivity index (χ1n) is 8.08. The van der Waals surface area contributed by atoms with Crippen LogP contribution in [0.1, 0.15) is 44.1 Å². The number of rotatable bonds is 2. The lowest BCUT2D eigenvalue weighted by Gasteiger charge is -2.40. The number of nitrogens with zero attached hydrogens (tertiary/aromatic N) is 1. The first-order chi connectivity index (χ1) is 10.2. The predicted molar refractivity (Wildman–Crippen MR) is 85.1 cm³/mol. The second-order valence-corrected chi connectivity index (χ2v) is 7.00. The van der Waals surface area contributed by atoms with Gasteiger partial charge in [-0.15, -0.1) is 0 Å². The van der Waals surface area contributed by atoms with Gasteiger partial charge in [-0.2, -0.15) is 0 Å². The van der Waals surface area contributed by atoms with Crippen LogP contribution in [0.25, 0.3) is 0 Å². The fourth-order valence-electron chi connectivity index (χ4n) is 3.81. The molecule has 2 fully saturated rings. The Hall–Kier alpha value is -0.640. The van der Waals surface area contributed by atoms with Crippen LogP contribution < -0.4 is 5.32 Å². The zero-order chi connectivity index (χ0) is 14.7. The molecule has 0 unspecified atom stereocenters. The van der Waals surface area contributed by atoms with Crippen molar-refractivity contribution in [3.05, 3.63) is 34.6 Å². The van der Waals surface area contributed by atoms with Crippen LogP contribution in [0.15, 0.2) is 18.2 Å². The SMILES string of the molecule is Fc1cc(Cl)ccc1CN1CCCNC2(CCCCC2)C1. The zero-order valence-electron chi connectivity index (χ0n) is 12.5. The van der Waals surface area contributed by atoms with Crippen LogP contribution in [-0.2, 0) is 6.54 Å². The fourth-order valence-corrected chi connectivity index (χ4v) is 3.97. The summed E-state index contributed by atoms with van der Waals surface area (Å²) < 4.78 is 14.0. The maximum Gasteiger partial charge on any atom is 0.129 e. The molecule has 0 amide bonds. The Morgan fingerprint density at radius 2 is 2.00 bits per heavy atom. The van der Waals surface area contributed by atoms with Gasteiger partial charge in [0, 0.05) is 29.2 Å². The molecule has 0 atom stereocenters. The second-order valence-electron chi connectivity index (χ2n) is 6.57. The molecule has 1 aromatic rings. The Labute approximate surface area is 131 Å². The van der Waals surface area contributed by atoms with Gasteiger partial charge in [0.15, 0.2) is 0 Å². The monoisotopic (exact) mass is 310 g/mol. The van der Waals surface area contributed by atoms with Crippen LogP contribution in [0.5, 0.6) is 0 Å². The lowest BCUT2D eigenvalue weighted by molar-refractivity contribution is 0.158. The van der Waals surface area contributed by atoms with Crippen molar-refractivity contribution in [3.63, 3.8) is 0 Å². The average molecular weight is 311 g/mol. The van der Waals surface area contributed by atoms with E-state index in [1.54, 1.807) is 6.07 Å². The van der Waals surface area contributed by atoms with Crippen molar-refractivity contribution >= 4 is 11.6 Å². The van der Waals surface area contributed by atoms with Gasteiger partial charge in [0.2, 0.25) is 0 Å². The summed E-state index contributed by atoms with van der Waals surface area (Å²) >= 11 is 5.84. The van der Waals surface area contributed by atoms with Crippen LogP contribution in [0.2, 0.25) is 5.02 Å². The number of halogens is 2. The van der Waals surface area contributed by atoms with E-state index < -0.39 is 0 Å². The molecule has 1 saturated heterocycles. The number of hydrogen-bond acceptors (Lipinski definition) is 2. The molecule has 116 valence electrons. The number of hydrogen-bond donors (Lipinski definition) is 1. The summed E-state index contributed by atoms with van der Waals surface area (Å²) in [5.41, 5.74) is 1.02. The van der Waals surface area contributed by atoms with E-state index in [9.17, 15) is 4.39 Å². The van der Waals surface area contributed by atoms with Crippen molar-refractivity contribution in [2.45, 2.75) is 50.6 Å². The molecule has 1 heterocycles. The van der Waals surface area contributed by atoms with Crippen molar-refractivity contribution < 1.29 is 4.39 Å². The van der Waals surface area contributed by atoms with E-state index in [2.05, 4.69) is 10.2 Å². The quantitative estimate of drug-likeness (QED) is 0.889. The molecule has 1 saturated carbocycles. The molecule has 4 heteroatoms. The molecule has 3 rings (SSSR count). The maximum absolute atomic E-state index is 14.0. The lowest BCUT2D eigenvalue weighted by atomic mass is 9.81.